The summed E-state index contributed by atoms with van der Waals surface area (Å²) in [5.74, 6) is -0.0653. The predicted octanol–water partition coefficient (Wildman–Crippen LogP) is 2.58. The lowest BCUT2D eigenvalue weighted by Gasteiger charge is -2.46. The highest BCUT2D eigenvalue weighted by Crippen LogP contribution is 2.40. The molecule has 3 atom stereocenters. The highest BCUT2D eigenvalue weighted by molar-refractivity contribution is 6.02. The summed E-state index contributed by atoms with van der Waals surface area (Å²) in [5.41, 5.74) is -0.485. The SMILES string of the molecule is C[C@@H]1CCC[C@@H](C)N1C1=NC2(CCCCC2)[C@@H](C#N)C(=O)N1. The van der Waals surface area contributed by atoms with Crippen LogP contribution >= 0.6 is 0 Å². The Morgan fingerprint density at radius 2 is 1.82 bits per heavy atom. The quantitative estimate of drug-likeness (QED) is 0.747. The van der Waals surface area contributed by atoms with Gasteiger partial charge < -0.3 is 4.90 Å². The molecule has 1 N–H and O–H groups in total. The molecule has 22 heavy (non-hydrogen) atoms. The van der Waals surface area contributed by atoms with E-state index < -0.39 is 11.5 Å². The van der Waals surface area contributed by atoms with E-state index in [1.165, 1.54) is 12.8 Å². The summed E-state index contributed by atoms with van der Waals surface area (Å²) >= 11 is 0. The van der Waals surface area contributed by atoms with Crippen LogP contribution in [-0.2, 0) is 4.79 Å². The van der Waals surface area contributed by atoms with Gasteiger partial charge in [-0.1, -0.05) is 19.3 Å². The molecule has 1 saturated carbocycles. The second kappa shape index (κ2) is 5.91. The third kappa shape index (κ3) is 2.49. The Morgan fingerprint density at radius 1 is 1.18 bits per heavy atom. The van der Waals surface area contributed by atoms with E-state index in [0.717, 1.165) is 44.5 Å². The molecule has 5 nitrogen and oxygen atoms in total. The maximum Gasteiger partial charge on any atom is 0.246 e. The van der Waals surface area contributed by atoms with Gasteiger partial charge in [0, 0.05) is 12.1 Å². The molecule has 0 radical (unpaired) electrons. The van der Waals surface area contributed by atoms with Gasteiger partial charge in [0.2, 0.25) is 11.9 Å². The molecule has 0 aromatic rings. The van der Waals surface area contributed by atoms with Crippen LogP contribution in [0.2, 0.25) is 0 Å². The molecule has 2 heterocycles. The molecular formula is C17H26N4O. The Labute approximate surface area is 132 Å². The molecule has 3 aliphatic rings. The van der Waals surface area contributed by atoms with Crippen molar-refractivity contribution in [2.45, 2.75) is 82.8 Å². The summed E-state index contributed by atoms with van der Waals surface area (Å²) in [6, 6.07) is 3.00. The van der Waals surface area contributed by atoms with Crippen molar-refractivity contribution in [2.24, 2.45) is 10.9 Å². The van der Waals surface area contributed by atoms with Crippen molar-refractivity contribution in [2.75, 3.05) is 0 Å². The molecule has 0 aromatic heterocycles. The first-order valence-corrected chi connectivity index (χ1v) is 8.66. The van der Waals surface area contributed by atoms with E-state index >= 15 is 0 Å². The van der Waals surface area contributed by atoms with Gasteiger partial charge in [0.1, 0.15) is 0 Å². The minimum absolute atomic E-state index is 0.153. The Balaban J connectivity index is 1.97. The van der Waals surface area contributed by atoms with Crippen LogP contribution in [0.15, 0.2) is 4.99 Å². The number of amides is 1. The zero-order valence-electron chi connectivity index (χ0n) is 13.6. The fourth-order valence-electron chi connectivity index (χ4n) is 4.43. The predicted molar refractivity (Wildman–Crippen MR) is 85.1 cm³/mol. The molecule has 1 aliphatic carbocycles. The van der Waals surface area contributed by atoms with E-state index in [2.05, 4.69) is 30.1 Å². The first-order chi connectivity index (χ1) is 10.6. The van der Waals surface area contributed by atoms with Gasteiger partial charge in [-0.3, -0.25) is 10.1 Å². The van der Waals surface area contributed by atoms with Crippen LogP contribution in [0.1, 0.15) is 65.2 Å². The maximum atomic E-state index is 12.5. The largest absolute Gasteiger partial charge is 0.337 e. The lowest BCUT2D eigenvalue weighted by molar-refractivity contribution is -0.125. The lowest BCUT2D eigenvalue weighted by atomic mass is 9.72. The molecule has 0 aromatic carbocycles. The number of nitrogens with zero attached hydrogens (tertiary/aromatic N) is 3. The third-order valence-corrected chi connectivity index (χ3v) is 5.65. The number of nitrogens with one attached hydrogen (secondary N) is 1. The summed E-state index contributed by atoms with van der Waals surface area (Å²) in [7, 11) is 0. The van der Waals surface area contributed by atoms with Crippen LogP contribution in [0.5, 0.6) is 0 Å². The molecule has 2 fully saturated rings. The molecule has 1 spiro atoms. The summed E-state index contributed by atoms with van der Waals surface area (Å²) in [4.78, 5) is 19.8. The summed E-state index contributed by atoms with van der Waals surface area (Å²) < 4.78 is 0. The number of aliphatic imine (C=N–C) groups is 1. The third-order valence-electron chi connectivity index (χ3n) is 5.65. The summed E-state index contributed by atoms with van der Waals surface area (Å²) in [6.07, 6.45) is 8.52. The zero-order chi connectivity index (χ0) is 15.7. The van der Waals surface area contributed by atoms with Crippen molar-refractivity contribution in [1.29, 1.82) is 5.26 Å². The Bertz CT molecular complexity index is 505. The number of nitriles is 1. The van der Waals surface area contributed by atoms with E-state index in [1.807, 2.05) is 0 Å². The van der Waals surface area contributed by atoms with Crippen LogP contribution in [0.4, 0.5) is 0 Å². The van der Waals surface area contributed by atoms with Crippen LogP contribution in [0, 0.1) is 17.2 Å². The minimum Gasteiger partial charge on any atom is -0.337 e. The Kier molecular flexibility index (Phi) is 4.12. The molecule has 120 valence electrons. The van der Waals surface area contributed by atoms with Crippen LogP contribution < -0.4 is 5.32 Å². The zero-order valence-corrected chi connectivity index (χ0v) is 13.6. The van der Waals surface area contributed by atoms with Crippen molar-refractivity contribution < 1.29 is 4.79 Å². The van der Waals surface area contributed by atoms with E-state index in [-0.39, 0.29) is 5.91 Å². The second-order valence-electron chi connectivity index (χ2n) is 7.19. The number of rotatable bonds is 0. The summed E-state index contributed by atoms with van der Waals surface area (Å²) in [6.45, 7) is 4.41. The van der Waals surface area contributed by atoms with E-state index in [9.17, 15) is 10.1 Å². The second-order valence-corrected chi connectivity index (χ2v) is 7.19. The minimum atomic E-state index is -0.632. The molecular weight excluding hydrogens is 276 g/mol. The first kappa shape index (κ1) is 15.3. The normalized spacial score (nSPS) is 34.8. The van der Waals surface area contributed by atoms with Crippen molar-refractivity contribution in [1.82, 2.24) is 10.2 Å². The number of guanidine groups is 1. The molecule has 1 saturated heterocycles. The van der Waals surface area contributed by atoms with Crippen molar-refractivity contribution in [3.63, 3.8) is 0 Å². The first-order valence-electron chi connectivity index (χ1n) is 8.66. The Morgan fingerprint density at radius 3 is 2.41 bits per heavy atom. The molecule has 0 bridgehead atoms. The number of hydrogen-bond donors (Lipinski definition) is 1. The number of carbonyl (C=O) groups excluding carboxylic acids is 1. The van der Waals surface area contributed by atoms with Gasteiger partial charge in [-0.05, 0) is 46.0 Å². The average Bonchev–Trinajstić information content (AvgIpc) is 2.47. The molecule has 3 rings (SSSR count). The average molecular weight is 302 g/mol. The van der Waals surface area contributed by atoms with Crippen LogP contribution in [0.3, 0.4) is 0 Å². The number of carbonyl (C=O) groups is 1. The van der Waals surface area contributed by atoms with E-state index in [4.69, 9.17) is 4.99 Å². The van der Waals surface area contributed by atoms with Gasteiger partial charge in [0.15, 0.2) is 5.92 Å². The van der Waals surface area contributed by atoms with Gasteiger partial charge in [0.25, 0.3) is 0 Å². The summed E-state index contributed by atoms with van der Waals surface area (Å²) in [5, 5.41) is 12.4. The van der Waals surface area contributed by atoms with Crippen LogP contribution in [-0.4, -0.2) is 34.4 Å². The fraction of sp³-hybridized carbons (Fsp3) is 0.824. The van der Waals surface area contributed by atoms with Gasteiger partial charge in [-0.2, -0.15) is 5.26 Å². The molecule has 1 amide bonds. The smallest absolute Gasteiger partial charge is 0.246 e. The van der Waals surface area contributed by atoms with Crippen molar-refractivity contribution in [3.05, 3.63) is 0 Å². The van der Waals surface area contributed by atoms with E-state index in [0.29, 0.717) is 12.1 Å². The fourth-order valence-corrected chi connectivity index (χ4v) is 4.43. The van der Waals surface area contributed by atoms with Crippen LogP contribution in [0.25, 0.3) is 0 Å². The highest BCUT2D eigenvalue weighted by atomic mass is 16.2. The van der Waals surface area contributed by atoms with Crippen molar-refractivity contribution >= 4 is 11.9 Å². The molecule has 2 aliphatic heterocycles. The topological polar surface area (TPSA) is 68.5 Å². The molecule has 0 unspecified atom stereocenters. The monoisotopic (exact) mass is 302 g/mol. The number of piperidine rings is 1. The van der Waals surface area contributed by atoms with Gasteiger partial charge in [0.05, 0.1) is 11.6 Å². The van der Waals surface area contributed by atoms with Gasteiger partial charge in [-0.25, -0.2) is 4.99 Å². The van der Waals surface area contributed by atoms with E-state index in [1.54, 1.807) is 0 Å². The molecule has 5 heteroatoms. The number of likely N-dealkylation sites (tertiary alicyclic amines) is 1. The van der Waals surface area contributed by atoms with Crippen molar-refractivity contribution in [3.8, 4) is 6.07 Å². The standard InChI is InChI=1S/C17H26N4O/c1-12-7-6-8-13(2)21(12)16-19-15(22)14(11-18)17(20-16)9-4-3-5-10-17/h12-14H,3-10H2,1-2H3,(H,19,20,22)/t12-,13-,14+/m1/s1. The van der Waals surface area contributed by atoms with Gasteiger partial charge >= 0.3 is 0 Å². The Hall–Kier alpha value is -1.57. The van der Waals surface area contributed by atoms with Gasteiger partial charge in [-0.15, -0.1) is 0 Å². The lowest BCUT2D eigenvalue weighted by Crippen LogP contribution is -2.61. The number of hydrogen-bond acceptors (Lipinski definition) is 4. The maximum absolute atomic E-state index is 12.5. The highest BCUT2D eigenvalue weighted by Gasteiger charge is 2.48.